The molecule has 26 heavy (non-hydrogen) atoms. The van der Waals surface area contributed by atoms with Crippen molar-refractivity contribution >= 4 is 32.6 Å². The molecule has 0 aliphatic carbocycles. The second kappa shape index (κ2) is 7.94. The zero-order chi connectivity index (χ0) is 18.8. The molecule has 1 fully saturated rings. The first-order valence-corrected chi connectivity index (χ1v) is 9.67. The number of fused-ring (bicyclic) bond motifs is 1. The first kappa shape index (κ1) is 19.1. The molecule has 8 heteroatoms. The maximum Gasteiger partial charge on any atom is 0.243 e. The van der Waals surface area contributed by atoms with Gasteiger partial charge in [0, 0.05) is 12.1 Å². The molecule has 1 N–H and O–H groups in total. The van der Waals surface area contributed by atoms with Crippen LogP contribution in [0, 0.1) is 11.6 Å². The number of rotatable bonds is 5. The minimum atomic E-state index is -0.716. The molecule has 1 aromatic carbocycles. The number of piperidine rings is 1. The highest BCUT2D eigenvalue weighted by Crippen LogP contribution is 2.29. The number of benzene rings is 1. The van der Waals surface area contributed by atoms with Gasteiger partial charge in [-0.2, -0.15) is 0 Å². The smallest absolute Gasteiger partial charge is 0.243 e. The fraction of sp³-hybridized carbons (Fsp3) is 0.556. The predicted octanol–water partition coefficient (Wildman–Crippen LogP) is 3.32. The summed E-state index contributed by atoms with van der Waals surface area (Å²) in [6, 6.07) is 2.12. The summed E-state index contributed by atoms with van der Waals surface area (Å²) in [4.78, 5) is 21.3. The fourth-order valence-corrected chi connectivity index (χ4v) is 4.42. The van der Waals surface area contributed by atoms with Gasteiger partial charge in [-0.1, -0.05) is 18.3 Å². The SMILES string of the molecule is CCC(C(=O)Nc1nc2c(F)cc(F)cc2s1)N(C)C1CCN(C)CC1. The molecular weight excluding hydrogens is 358 g/mol. The summed E-state index contributed by atoms with van der Waals surface area (Å²) in [7, 11) is 4.09. The number of aromatic nitrogens is 1. The monoisotopic (exact) mass is 382 g/mol. The summed E-state index contributed by atoms with van der Waals surface area (Å²) >= 11 is 1.08. The highest BCUT2D eigenvalue weighted by atomic mass is 32.1. The summed E-state index contributed by atoms with van der Waals surface area (Å²) < 4.78 is 27.5. The van der Waals surface area contributed by atoms with Gasteiger partial charge in [-0.3, -0.25) is 9.69 Å². The molecule has 1 aliphatic rings. The van der Waals surface area contributed by atoms with Crippen molar-refractivity contribution in [3.63, 3.8) is 0 Å². The van der Waals surface area contributed by atoms with Gasteiger partial charge >= 0.3 is 0 Å². The summed E-state index contributed by atoms with van der Waals surface area (Å²) in [5.74, 6) is -1.52. The van der Waals surface area contributed by atoms with E-state index in [4.69, 9.17) is 0 Å². The number of nitrogens with one attached hydrogen (secondary N) is 1. The van der Waals surface area contributed by atoms with Gasteiger partial charge in [0.15, 0.2) is 10.9 Å². The number of carbonyl (C=O) groups is 1. The highest BCUT2D eigenvalue weighted by molar-refractivity contribution is 7.22. The summed E-state index contributed by atoms with van der Waals surface area (Å²) in [6.07, 6.45) is 2.73. The molecule has 1 aromatic heterocycles. The number of amides is 1. The number of thiazole rings is 1. The van der Waals surface area contributed by atoms with E-state index in [1.165, 1.54) is 6.07 Å². The van der Waals surface area contributed by atoms with Gasteiger partial charge in [0.25, 0.3) is 0 Å². The van der Waals surface area contributed by atoms with Crippen LogP contribution in [0.2, 0.25) is 0 Å². The molecule has 3 rings (SSSR count). The molecule has 2 heterocycles. The molecule has 1 aliphatic heterocycles. The summed E-state index contributed by atoms with van der Waals surface area (Å²) in [6.45, 7) is 4.02. The van der Waals surface area contributed by atoms with E-state index in [1.807, 2.05) is 14.0 Å². The van der Waals surface area contributed by atoms with Crippen LogP contribution in [0.1, 0.15) is 26.2 Å². The van der Waals surface area contributed by atoms with Gasteiger partial charge in [0.2, 0.25) is 5.91 Å². The van der Waals surface area contributed by atoms with Crippen molar-refractivity contribution in [2.45, 2.75) is 38.3 Å². The Morgan fingerprint density at radius 1 is 1.42 bits per heavy atom. The van der Waals surface area contributed by atoms with E-state index in [-0.39, 0.29) is 17.5 Å². The van der Waals surface area contributed by atoms with Crippen molar-refractivity contribution in [1.82, 2.24) is 14.8 Å². The number of halogens is 2. The lowest BCUT2D eigenvalue weighted by molar-refractivity contribution is -0.122. The lowest BCUT2D eigenvalue weighted by Gasteiger charge is -2.38. The first-order valence-electron chi connectivity index (χ1n) is 8.86. The summed E-state index contributed by atoms with van der Waals surface area (Å²) in [5.41, 5.74) is 0.0865. The predicted molar refractivity (Wildman–Crippen MR) is 101 cm³/mol. The van der Waals surface area contributed by atoms with Gasteiger partial charge in [0.1, 0.15) is 11.3 Å². The third-order valence-electron chi connectivity index (χ3n) is 5.09. The Morgan fingerprint density at radius 2 is 2.12 bits per heavy atom. The second-order valence-electron chi connectivity index (χ2n) is 6.87. The Morgan fingerprint density at radius 3 is 2.77 bits per heavy atom. The van der Waals surface area contributed by atoms with E-state index in [2.05, 4.69) is 27.1 Å². The molecule has 0 saturated carbocycles. The third-order valence-corrected chi connectivity index (χ3v) is 6.01. The zero-order valence-corrected chi connectivity index (χ0v) is 16.1. The normalized spacial score (nSPS) is 17.8. The quantitative estimate of drug-likeness (QED) is 0.862. The van der Waals surface area contributed by atoms with E-state index in [0.29, 0.717) is 22.3 Å². The molecule has 5 nitrogen and oxygen atoms in total. The van der Waals surface area contributed by atoms with E-state index in [0.717, 1.165) is 43.3 Å². The molecule has 2 aromatic rings. The fourth-order valence-electron chi connectivity index (χ4n) is 3.51. The van der Waals surface area contributed by atoms with E-state index in [9.17, 15) is 13.6 Å². The number of anilines is 1. The number of likely N-dealkylation sites (N-methyl/N-ethyl adjacent to an activating group) is 1. The van der Waals surface area contributed by atoms with Crippen LogP contribution >= 0.6 is 11.3 Å². The zero-order valence-electron chi connectivity index (χ0n) is 15.3. The molecule has 1 unspecified atom stereocenters. The molecule has 1 amide bonds. The number of likely N-dealkylation sites (tertiary alicyclic amines) is 1. The van der Waals surface area contributed by atoms with Crippen LogP contribution in [0.5, 0.6) is 0 Å². The Kier molecular flexibility index (Phi) is 5.84. The standard InChI is InChI=1S/C18H24F2N4OS/c1-4-14(24(3)12-5-7-23(2)8-6-12)17(25)22-18-21-16-13(20)9-11(19)10-15(16)26-18/h9-10,12,14H,4-8H2,1-3H3,(H,21,22,25). The highest BCUT2D eigenvalue weighted by Gasteiger charge is 2.29. The number of hydrogen-bond acceptors (Lipinski definition) is 5. The van der Waals surface area contributed by atoms with Gasteiger partial charge in [-0.25, -0.2) is 13.8 Å². The van der Waals surface area contributed by atoms with Crippen LogP contribution in [0.3, 0.4) is 0 Å². The average molecular weight is 382 g/mol. The van der Waals surface area contributed by atoms with Crippen molar-refractivity contribution in [2.24, 2.45) is 0 Å². The molecule has 0 spiro atoms. The van der Waals surface area contributed by atoms with E-state index < -0.39 is 11.6 Å². The van der Waals surface area contributed by atoms with Crippen LogP contribution < -0.4 is 5.32 Å². The van der Waals surface area contributed by atoms with Gasteiger partial charge < -0.3 is 10.2 Å². The lowest BCUT2D eigenvalue weighted by Crippen LogP contribution is -2.50. The number of hydrogen-bond donors (Lipinski definition) is 1. The summed E-state index contributed by atoms with van der Waals surface area (Å²) in [5, 5.41) is 3.08. The Labute approximate surface area is 156 Å². The Balaban J connectivity index is 1.72. The van der Waals surface area contributed by atoms with Crippen molar-refractivity contribution in [2.75, 3.05) is 32.5 Å². The molecule has 142 valence electrons. The second-order valence-corrected chi connectivity index (χ2v) is 7.90. The molecule has 1 saturated heterocycles. The van der Waals surface area contributed by atoms with Crippen molar-refractivity contribution in [3.05, 3.63) is 23.8 Å². The Hall–Kier alpha value is -1.64. The topological polar surface area (TPSA) is 48.5 Å². The molecule has 1 atom stereocenters. The van der Waals surface area contributed by atoms with Crippen molar-refractivity contribution in [3.8, 4) is 0 Å². The molecule has 0 bridgehead atoms. The molecular formula is C18H24F2N4OS. The third kappa shape index (κ3) is 4.02. The average Bonchev–Trinajstić information content (AvgIpc) is 2.98. The maximum atomic E-state index is 13.8. The van der Waals surface area contributed by atoms with Gasteiger partial charge in [-0.15, -0.1) is 0 Å². The van der Waals surface area contributed by atoms with Crippen molar-refractivity contribution in [1.29, 1.82) is 0 Å². The van der Waals surface area contributed by atoms with E-state index >= 15 is 0 Å². The largest absolute Gasteiger partial charge is 0.306 e. The van der Waals surface area contributed by atoms with Crippen LogP contribution in [-0.4, -0.2) is 60.0 Å². The minimum Gasteiger partial charge on any atom is -0.306 e. The first-order chi connectivity index (χ1) is 12.4. The maximum absolute atomic E-state index is 13.8. The van der Waals surface area contributed by atoms with Crippen molar-refractivity contribution < 1.29 is 13.6 Å². The Bertz CT molecular complexity index is 789. The van der Waals surface area contributed by atoms with Crippen LogP contribution in [0.4, 0.5) is 13.9 Å². The van der Waals surface area contributed by atoms with Crippen LogP contribution in [0.15, 0.2) is 12.1 Å². The van der Waals surface area contributed by atoms with Gasteiger partial charge in [-0.05, 0) is 52.5 Å². The lowest BCUT2D eigenvalue weighted by atomic mass is 10.0. The number of nitrogens with zero attached hydrogens (tertiary/aromatic N) is 3. The van der Waals surface area contributed by atoms with Crippen LogP contribution in [0.25, 0.3) is 10.2 Å². The van der Waals surface area contributed by atoms with Gasteiger partial charge in [0.05, 0.1) is 10.7 Å². The van der Waals surface area contributed by atoms with E-state index in [1.54, 1.807) is 0 Å². The van der Waals surface area contributed by atoms with Crippen LogP contribution in [-0.2, 0) is 4.79 Å². The minimum absolute atomic E-state index is 0.0865. The molecule has 0 radical (unpaired) electrons. The number of carbonyl (C=O) groups excluding carboxylic acids is 1.